The molecule has 0 N–H and O–H groups in total. The molecule has 0 aromatic heterocycles. The Hall–Kier alpha value is -0.800. The number of benzene rings is 1. The smallest absolute Gasteiger partial charge is 0.123 e. The van der Waals surface area contributed by atoms with Crippen LogP contribution in [0.3, 0.4) is 0 Å². The number of likely N-dealkylation sites (tertiary alicyclic amines) is 1. The summed E-state index contributed by atoms with van der Waals surface area (Å²) in [5, 5.41) is 0. The first-order valence-corrected chi connectivity index (χ1v) is 7.52. The van der Waals surface area contributed by atoms with E-state index < -0.39 is 0 Å². The summed E-state index contributed by atoms with van der Waals surface area (Å²) in [6, 6.07) is 7.05. The molecular weight excluding hydrogens is 257 g/mol. The van der Waals surface area contributed by atoms with Gasteiger partial charge in [-0.3, -0.25) is 0 Å². The van der Waals surface area contributed by atoms with Crippen LogP contribution >= 0.6 is 12.6 Å². The van der Waals surface area contributed by atoms with Crippen LogP contribution in [0.25, 0.3) is 0 Å². The fourth-order valence-electron chi connectivity index (χ4n) is 3.79. The molecule has 102 valence electrons. The van der Waals surface area contributed by atoms with Crippen LogP contribution in [0.5, 0.6) is 0 Å². The standard InChI is InChI=1S/C16H20FNS/c1-2-15-10-16(15,12-18(11-15)8-3-9-19)13-4-6-14(17)7-5-13/h2,4-7,19H,1,3,8-12H2. The molecule has 0 spiro atoms. The van der Waals surface area contributed by atoms with Gasteiger partial charge < -0.3 is 4.90 Å². The lowest BCUT2D eigenvalue weighted by Crippen LogP contribution is -2.28. The first-order valence-electron chi connectivity index (χ1n) is 6.89. The highest BCUT2D eigenvalue weighted by atomic mass is 32.1. The minimum Gasteiger partial charge on any atom is -0.301 e. The van der Waals surface area contributed by atoms with Crippen molar-refractivity contribution in [2.45, 2.75) is 18.3 Å². The summed E-state index contributed by atoms with van der Waals surface area (Å²) >= 11 is 4.28. The van der Waals surface area contributed by atoms with E-state index in [4.69, 9.17) is 0 Å². The number of thiol groups is 1. The molecular formula is C16H20FNS. The highest BCUT2D eigenvalue weighted by Gasteiger charge is 2.70. The van der Waals surface area contributed by atoms with E-state index in [-0.39, 0.29) is 16.6 Å². The summed E-state index contributed by atoms with van der Waals surface area (Å²) < 4.78 is 13.1. The van der Waals surface area contributed by atoms with Gasteiger partial charge in [-0.1, -0.05) is 18.2 Å². The second kappa shape index (κ2) is 4.64. The summed E-state index contributed by atoms with van der Waals surface area (Å²) in [6.45, 7) is 7.30. The van der Waals surface area contributed by atoms with Crippen LogP contribution < -0.4 is 0 Å². The van der Waals surface area contributed by atoms with E-state index in [0.717, 1.165) is 38.2 Å². The molecule has 2 fully saturated rings. The van der Waals surface area contributed by atoms with Crippen molar-refractivity contribution in [2.75, 3.05) is 25.4 Å². The van der Waals surface area contributed by atoms with Crippen molar-refractivity contribution in [3.05, 3.63) is 48.3 Å². The maximum atomic E-state index is 13.1. The van der Waals surface area contributed by atoms with Crippen molar-refractivity contribution in [2.24, 2.45) is 5.41 Å². The first kappa shape index (κ1) is 13.2. The molecule has 1 saturated heterocycles. The molecule has 0 bridgehead atoms. The van der Waals surface area contributed by atoms with Crippen LogP contribution in [-0.4, -0.2) is 30.3 Å². The fourth-order valence-corrected chi connectivity index (χ4v) is 3.93. The Morgan fingerprint density at radius 2 is 2.05 bits per heavy atom. The first-order chi connectivity index (χ1) is 9.16. The van der Waals surface area contributed by atoms with Crippen LogP contribution in [0.2, 0.25) is 0 Å². The van der Waals surface area contributed by atoms with Crippen molar-refractivity contribution >= 4 is 12.6 Å². The number of piperidine rings is 1. The van der Waals surface area contributed by atoms with Gasteiger partial charge in [0.05, 0.1) is 0 Å². The van der Waals surface area contributed by atoms with E-state index in [1.54, 1.807) is 12.1 Å². The van der Waals surface area contributed by atoms with Crippen LogP contribution in [0.4, 0.5) is 4.39 Å². The molecule has 3 rings (SSSR count). The number of nitrogens with zero attached hydrogens (tertiary/aromatic N) is 1. The highest BCUT2D eigenvalue weighted by Crippen LogP contribution is 2.69. The highest BCUT2D eigenvalue weighted by molar-refractivity contribution is 7.80. The zero-order valence-corrected chi connectivity index (χ0v) is 12.0. The van der Waals surface area contributed by atoms with Crippen LogP contribution in [0.15, 0.2) is 36.9 Å². The Kier molecular flexibility index (Phi) is 3.22. The molecule has 1 heterocycles. The minimum absolute atomic E-state index is 0.157. The Morgan fingerprint density at radius 1 is 1.32 bits per heavy atom. The molecule has 1 aromatic rings. The number of hydrogen-bond donors (Lipinski definition) is 1. The maximum Gasteiger partial charge on any atom is 0.123 e. The second-order valence-electron chi connectivity index (χ2n) is 5.91. The largest absolute Gasteiger partial charge is 0.301 e. The van der Waals surface area contributed by atoms with Crippen molar-refractivity contribution in [1.82, 2.24) is 4.90 Å². The van der Waals surface area contributed by atoms with Crippen molar-refractivity contribution in [3.8, 4) is 0 Å². The van der Waals surface area contributed by atoms with Gasteiger partial charge in [-0.15, -0.1) is 6.58 Å². The zero-order chi connectivity index (χ0) is 13.5. The Balaban J connectivity index is 1.84. The molecule has 1 aromatic carbocycles. The van der Waals surface area contributed by atoms with Gasteiger partial charge in [0.15, 0.2) is 0 Å². The fraction of sp³-hybridized carbons (Fsp3) is 0.500. The molecule has 1 nitrogen and oxygen atoms in total. The molecule has 2 atom stereocenters. The summed E-state index contributed by atoms with van der Waals surface area (Å²) in [4.78, 5) is 2.50. The van der Waals surface area contributed by atoms with Crippen molar-refractivity contribution in [3.63, 3.8) is 0 Å². The minimum atomic E-state index is -0.157. The molecule has 1 saturated carbocycles. The predicted octanol–water partition coefficient (Wildman–Crippen LogP) is 3.28. The number of fused-ring (bicyclic) bond motifs is 1. The molecule has 2 unspecified atom stereocenters. The number of hydrogen-bond acceptors (Lipinski definition) is 2. The van der Waals surface area contributed by atoms with E-state index in [9.17, 15) is 4.39 Å². The summed E-state index contributed by atoms with van der Waals surface area (Å²) in [5.74, 6) is 0.774. The average molecular weight is 277 g/mol. The van der Waals surface area contributed by atoms with Crippen LogP contribution in [-0.2, 0) is 5.41 Å². The third kappa shape index (κ3) is 1.95. The van der Waals surface area contributed by atoms with E-state index >= 15 is 0 Å². The lowest BCUT2D eigenvalue weighted by molar-refractivity contribution is 0.291. The quantitative estimate of drug-likeness (QED) is 0.638. The topological polar surface area (TPSA) is 3.24 Å². The molecule has 19 heavy (non-hydrogen) atoms. The normalized spacial score (nSPS) is 33.2. The average Bonchev–Trinajstić information content (AvgIpc) is 2.95. The van der Waals surface area contributed by atoms with Crippen LogP contribution in [0.1, 0.15) is 18.4 Å². The number of rotatable bonds is 5. The van der Waals surface area contributed by atoms with E-state index in [0.29, 0.717) is 0 Å². The molecule has 1 aliphatic carbocycles. The summed E-state index contributed by atoms with van der Waals surface area (Å²) in [6.07, 6.45) is 4.40. The molecule has 0 radical (unpaired) electrons. The lowest BCUT2D eigenvalue weighted by Gasteiger charge is -2.20. The van der Waals surface area contributed by atoms with Crippen molar-refractivity contribution in [1.29, 1.82) is 0 Å². The maximum absolute atomic E-state index is 13.1. The third-order valence-corrected chi connectivity index (χ3v) is 5.18. The summed E-state index contributed by atoms with van der Waals surface area (Å²) in [5.41, 5.74) is 1.66. The van der Waals surface area contributed by atoms with Gasteiger partial charge in [-0.25, -0.2) is 4.39 Å². The molecule has 1 aliphatic heterocycles. The molecule has 3 heteroatoms. The van der Waals surface area contributed by atoms with E-state index in [2.05, 4.69) is 30.2 Å². The van der Waals surface area contributed by atoms with Gasteiger partial charge in [-0.05, 0) is 42.8 Å². The zero-order valence-electron chi connectivity index (χ0n) is 11.1. The van der Waals surface area contributed by atoms with Gasteiger partial charge in [0.1, 0.15) is 5.82 Å². The third-order valence-electron chi connectivity index (χ3n) is 4.86. The Bertz CT molecular complexity index is 486. The van der Waals surface area contributed by atoms with E-state index in [1.807, 2.05) is 12.1 Å². The van der Waals surface area contributed by atoms with Gasteiger partial charge in [0, 0.05) is 23.9 Å². The lowest BCUT2D eigenvalue weighted by atomic mass is 9.89. The van der Waals surface area contributed by atoms with Gasteiger partial charge in [0.25, 0.3) is 0 Å². The molecule has 0 amide bonds. The van der Waals surface area contributed by atoms with Crippen molar-refractivity contribution < 1.29 is 4.39 Å². The predicted molar refractivity (Wildman–Crippen MR) is 80.2 cm³/mol. The molecule has 2 aliphatic rings. The van der Waals surface area contributed by atoms with Gasteiger partial charge >= 0.3 is 0 Å². The van der Waals surface area contributed by atoms with E-state index in [1.165, 1.54) is 5.56 Å². The van der Waals surface area contributed by atoms with Gasteiger partial charge in [-0.2, -0.15) is 12.6 Å². The Labute approximate surface area is 119 Å². The second-order valence-corrected chi connectivity index (χ2v) is 6.36. The van der Waals surface area contributed by atoms with Crippen LogP contribution in [0, 0.1) is 11.2 Å². The van der Waals surface area contributed by atoms with Gasteiger partial charge in [0.2, 0.25) is 0 Å². The SMILES string of the molecule is C=CC12CN(CCCS)CC1(c1ccc(F)cc1)C2. The Morgan fingerprint density at radius 3 is 2.68 bits per heavy atom. The number of halogens is 1. The monoisotopic (exact) mass is 277 g/mol. The summed E-state index contributed by atoms with van der Waals surface area (Å²) in [7, 11) is 0.